The van der Waals surface area contributed by atoms with Crippen molar-refractivity contribution in [1.82, 2.24) is 9.80 Å². The van der Waals surface area contributed by atoms with Crippen LogP contribution in [-0.2, 0) is 4.79 Å². The molecule has 0 unspecified atom stereocenters. The summed E-state index contributed by atoms with van der Waals surface area (Å²) in [5.74, 6) is 0.998. The molecule has 0 spiro atoms. The second-order valence-electron chi connectivity index (χ2n) is 5.78. The number of carbonyl (C=O) groups excluding carboxylic acids is 1. The Hall–Kier alpha value is -1.75. The van der Waals surface area contributed by atoms with Gasteiger partial charge in [0.15, 0.2) is 0 Å². The zero-order valence-electron chi connectivity index (χ0n) is 13.1. The number of nitrogen functional groups attached to an aromatic ring is 1. The fraction of sp³-hybridized carbons (Fsp3) is 0.562. The number of hydrogen-bond donors (Lipinski definition) is 1. The lowest BCUT2D eigenvalue weighted by Gasteiger charge is -2.44. The van der Waals surface area contributed by atoms with E-state index in [1.807, 2.05) is 29.2 Å². The molecule has 116 valence electrons. The van der Waals surface area contributed by atoms with E-state index in [0.29, 0.717) is 18.7 Å². The van der Waals surface area contributed by atoms with Crippen LogP contribution in [0.4, 0.5) is 5.69 Å². The van der Waals surface area contributed by atoms with Crippen molar-refractivity contribution >= 4 is 11.6 Å². The number of ether oxygens (including phenoxy) is 1. The van der Waals surface area contributed by atoms with Gasteiger partial charge in [-0.2, -0.15) is 0 Å². The van der Waals surface area contributed by atoms with E-state index >= 15 is 0 Å². The van der Waals surface area contributed by atoms with Crippen molar-refractivity contribution in [2.75, 3.05) is 32.0 Å². The molecule has 21 heavy (non-hydrogen) atoms. The summed E-state index contributed by atoms with van der Waals surface area (Å²) in [6.45, 7) is 9.04. The summed E-state index contributed by atoms with van der Waals surface area (Å²) in [7, 11) is 0. The molecule has 1 aliphatic rings. The standard InChI is InChI=1S/C16H25N3O2/c1-12-10-18(14(3)20)11-13(2)19(12)8-9-21-16-6-4-15(17)5-7-16/h4-7,12-13H,8-11,17H2,1-3H3/t12-,13+. The largest absolute Gasteiger partial charge is 0.492 e. The smallest absolute Gasteiger partial charge is 0.219 e. The van der Waals surface area contributed by atoms with Crippen LogP contribution in [0, 0.1) is 0 Å². The lowest BCUT2D eigenvalue weighted by Crippen LogP contribution is -2.58. The third-order valence-corrected chi connectivity index (χ3v) is 4.05. The monoisotopic (exact) mass is 291 g/mol. The first-order valence-electron chi connectivity index (χ1n) is 7.47. The van der Waals surface area contributed by atoms with Crippen molar-refractivity contribution in [3.05, 3.63) is 24.3 Å². The number of anilines is 1. The third kappa shape index (κ3) is 4.11. The van der Waals surface area contributed by atoms with E-state index in [1.165, 1.54) is 0 Å². The Kier molecular flexibility index (Phi) is 5.07. The van der Waals surface area contributed by atoms with Crippen molar-refractivity contribution < 1.29 is 9.53 Å². The zero-order valence-corrected chi connectivity index (χ0v) is 13.1. The molecule has 1 aromatic carbocycles. The molecule has 5 nitrogen and oxygen atoms in total. The fourth-order valence-corrected chi connectivity index (χ4v) is 2.89. The van der Waals surface area contributed by atoms with E-state index in [2.05, 4.69) is 18.7 Å². The molecule has 1 saturated heterocycles. The van der Waals surface area contributed by atoms with Gasteiger partial charge in [-0.3, -0.25) is 9.69 Å². The number of benzene rings is 1. The van der Waals surface area contributed by atoms with Crippen LogP contribution in [0.5, 0.6) is 5.75 Å². The van der Waals surface area contributed by atoms with E-state index < -0.39 is 0 Å². The molecule has 2 N–H and O–H groups in total. The normalized spacial score (nSPS) is 23.1. The topological polar surface area (TPSA) is 58.8 Å². The predicted molar refractivity (Wildman–Crippen MR) is 84.2 cm³/mol. The van der Waals surface area contributed by atoms with Gasteiger partial charge in [0.25, 0.3) is 0 Å². The first-order chi connectivity index (χ1) is 9.97. The highest BCUT2D eigenvalue weighted by molar-refractivity contribution is 5.73. The van der Waals surface area contributed by atoms with Crippen molar-refractivity contribution in [1.29, 1.82) is 0 Å². The van der Waals surface area contributed by atoms with Crippen LogP contribution in [0.1, 0.15) is 20.8 Å². The second-order valence-corrected chi connectivity index (χ2v) is 5.78. The molecule has 5 heteroatoms. The molecule has 0 aliphatic carbocycles. The Morgan fingerprint density at radius 2 is 1.81 bits per heavy atom. The van der Waals surface area contributed by atoms with E-state index in [-0.39, 0.29) is 5.91 Å². The lowest BCUT2D eigenvalue weighted by atomic mass is 10.1. The molecule has 2 rings (SSSR count). The van der Waals surface area contributed by atoms with E-state index in [4.69, 9.17) is 10.5 Å². The third-order valence-electron chi connectivity index (χ3n) is 4.05. The van der Waals surface area contributed by atoms with E-state index in [0.717, 1.165) is 31.1 Å². The number of piperazine rings is 1. The number of nitrogens with two attached hydrogens (primary N) is 1. The number of nitrogens with zero attached hydrogens (tertiary/aromatic N) is 2. The average Bonchev–Trinajstić information content (AvgIpc) is 2.43. The van der Waals surface area contributed by atoms with Gasteiger partial charge >= 0.3 is 0 Å². The Morgan fingerprint density at radius 1 is 1.24 bits per heavy atom. The van der Waals surface area contributed by atoms with Crippen LogP contribution in [-0.4, -0.2) is 54.0 Å². The Labute approximate surface area is 126 Å². The molecule has 0 radical (unpaired) electrons. The summed E-state index contributed by atoms with van der Waals surface area (Å²) in [6.07, 6.45) is 0. The van der Waals surface area contributed by atoms with Gasteiger partial charge in [-0.05, 0) is 38.1 Å². The van der Waals surface area contributed by atoms with Gasteiger partial charge in [-0.1, -0.05) is 0 Å². The summed E-state index contributed by atoms with van der Waals surface area (Å²) in [5, 5.41) is 0. The van der Waals surface area contributed by atoms with Crippen molar-refractivity contribution in [2.45, 2.75) is 32.9 Å². The summed E-state index contributed by atoms with van der Waals surface area (Å²) in [5.41, 5.74) is 6.39. The van der Waals surface area contributed by atoms with Crippen LogP contribution < -0.4 is 10.5 Å². The molecular weight excluding hydrogens is 266 g/mol. The molecule has 1 aliphatic heterocycles. The van der Waals surface area contributed by atoms with Crippen LogP contribution in [0.2, 0.25) is 0 Å². The predicted octanol–water partition coefficient (Wildman–Crippen LogP) is 1.59. The fourth-order valence-electron chi connectivity index (χ4n) is 2.89. The quantitative estimate of drug-likeness (QED) is 0.856. The van der Waals surface area contributed by atoms with Gasteiger partial charge in [0.1, 0.15) is 12.4 Å². The van der Waals surface area contributed by atoms with Crippen LogP contribution in [0.15, 0.2) is 24.3 Å². The summed E-state index contributed by atoms with van der Waals surface area (Å²) >= 11 is 0. The Balaban J connectivity index is 1.82. The molecular formula is C16H25N3O2. The number of hydrogen-bond acceptors (Lipinski definition) is 4. The van der Waals surface area contributed by atoms with Gasteiger partial charge in [0.2, 0.25) is 5.91 Å². The zero-order chi connectivity index (χ0) is 15.4. The van der Waals surface area contributed by atoms with Gasteiger partial charge < -0.3 is 15.4 Å². The van der Waals surface area contributed by atoms with Gasteiger partial charge in [-0.15, -0.1) is 0 Å². The molecule has 0 aromatic heterocycles. The maximum atomic E-state index is 11.5. The van der Waals surface area contributed by atoms with E-state index in [9.17, 15) is 4.79 Å². The number of rotatable bonds is 4. The molecule has 1 fully saturated rings. The molecule has 0 saturated carbocycles. The van der Waals surface area contributed by atoms with Crippen molar-refractivity contribution in [3.8, 4) is 5.75 Å². The summed E-state index contributed by atoms with van der Waals surface area (Å²) in [4.78, 5) is 15.8. The summed E-state index contributed by atoms with van der Waals surface area (Å²) < 4.78 is 5.76. The first kappa shape index (κ1) is 15.6. The lowest BCUT2D eigenvalue weighted by molar-refractivity contribution is -0.133. The molecule has 1 amide bonds. The Bertz CT molecular complexity index is 463. The molecule has 1 heterocycles. The number of carbonyl (C=O) groups is 1. The van der Waals surface area contributed by atoms with Gasteiger partial charge in [0.05, 0.1) is 0 Å². The SMILES string of the molecule is CC(=O)N1C[C@@H](C)N(CCOc2ccc(N)cc2)[C@@H](C)C1. The average molecular weight is 291 g/mol. The minimum Gasteiger partial charge on any atom is -0.492 e. The highest BCUT2D eigenvalue weighted by Gasteiger charge is 2.30. The van der Waals surface area contributed by atoms with Gasteiger partial charge in [-0.25, -0.2) is 0 Å². The highest BCUT2D eigenvalue weighted by atomic mass is 16.5. The highest BCUT2D eigenvalue weighted by Crippen LogP contribution is 2.17. The van der Waals surface area contributed by atoms with Crippen LogP contribution in [0.3, 0.4) is 0 Å². The Morgan fingerprint density at radius 3 is 2.33 bits per heavy atom. The number of amides is 1. The van der Waals surface area contributed by atoms with Crippen LogP contribution >= 0.6 is 0 Å². The van der Waals surface area contributed by atoms with E-state index in [1.54, 1.807) is 6.92 Å². The van der Waals surface area contributed by atoms with Crippen molar-refractivity contribution in [3.63, 3.8) is 0 Å². The maximum absolute atomic E-state index is 11.5. The minimum absolute atomic E-state index is 0.159. The molecule has 0 bridgehead atoms. The second kappa shape index (κ2) is 6.80. The maximum Gasteiger partial charge on any atom is 0.219 e. The molecule has 2 atom stereocenters. The van der Waals surface area contributed by atoms with Gasteiger partial charge in [0, 0.05) is 44.3 Å². The van der Waals surface area contributed by atoms with Crippen molar-refractivity contribution in [2.24, 2.45) is 0 Å². The molecule has 1 aromatic rings. The minimum atomic E-state index is 0.159. The van der Waals surface area contributed by atoms with Crippen LogP contribution in [0.25, 0.3) is 0 Å². The summed E-state index contributed by atoms with van der Waals surface area (Å²) in [6, 6.07) is 8.16. The first-order valence-corrected chi connectivity index (χ1v) is 7.47.